The second-order valence-corrected chi connectivity index (χ2v) is 3.25. The molecule has 0 spiro atoms. The fourth-order valence-corrected chi connectivity index (χ4v) is 1.21. The molecule has 12 heavy (non-hydrogen) atoms. The summed E-state index contributed by atoms with van der Waals surface area (Å²) in [6, 6.07) is 0.638. The van der Waals surface area contributed by atoms with Gasteiger partial charge in [-0.25, -0.2) is 0 Å². The molecule has 0 saturated carbocycles. The molecule has 0 fully saturated rings. The Morgan fingerprint density at radius 3 is 1.92 bits per heavy atom. The Morgan fingerprint density at radius 2 is 1.50 bits per heavy atom. The molecule has 0 aromatic rings. The van der Waals surface area contributed by atoms with Gasteiger partial charge in [-0.3, -0.25) is 0 Å². The molecule has 1 atom stereocenters. The first kappa shape index (κ1) is 11.9. The van der Waals surface area contributed by atoms with Crippen molar-refractivity contribution in [2.45, 2.75) is 38.4 Å². The third-order valence-electron chi connectivity index (χ3n) is 2.32. The van der Waals surface area contributed by atoms with Crippen molar-refractivity contribution in [1.29, 1.82) is 0 Å². The average molecular weight is 173 g/mol. The highest BCUT2D eigenvalue weighted by Gasteiger charge is 2.03. The van der Waals surface area contributed by atoms with Crippen molar-refractivity contribution in [2.75, 3.05) is 21.1 Å². The van der Waals surface area contributed by atoms with Gasteiger partial charge in [0.2, 0.25) is 0 Å². The maximum absolute atomic E-state index is 3.23. The van der Waals surface area contributed by atoms with Crippen molar-refractivity contribution in [2.24, 2.45) is 0 Å². The van der Waals surface area contributed by atoms with Gasteiger partial charge in [0.25, 0.3) is 0 Å². The van der Waals surface area contributed by atoms with Crippen LogP contribution in [-0.4, -0.2) is 33.4 Å². The zero-order chi connectivity index (χ0) is 9.40. The van der Waals surface area contributed by atoms with E-state index >= 15 is 0 Å². The molecule has 0 radical (unpaired) electrons. The van der Waals surface area contributed by atoms with Crippen LogP contribution in [0.5, 0.6) is 0 Å². The largest absolute Gasteiger partial charge is 0.317 e. The van der Waals surface area contributed by atoms with Crippen LogP contribution in [0.1, 0.15) is 26.2 Å². The first-order valence-electron chi connectivity index (χ1n) is 4.76. The highest BCUT2D eigenvalue weighted by Crippen LogP contribution is 2.01. The standard InChI is InChI=1S/C9H23N3/c1-8(10-2)6-5-7-9(11-3)12-4/h8-12H,5-7H2,1-4H3. The molecule has 0 bridgehead atoms. The molecule has 1 unspecified atom stereocenters. The molecule has 0 saturated heterocycles. The van der Waals surface area contributed by atoms with E-state index < -0.39 is 0 Å². The van der Waals surface area contributed by atoms with Crippen LogP contribution in [-0.2, 0) is 0 Å². The van der Waals surface area contributed by atoms with Crippen LogP contribution in [0, 0.1) is 0 Å². The Kier molecular flexibility index (Phi) is 7.45. The van der Waals surface area contributed by atoms with E-state index in [1.807, 2.05) is 21.1 Å². The fraction of sp³-hybridized carbons (Fsp3) is 1.00. The van der Waals surface area contributed by atoms with Crippen molar-refractivity contribution in [3.8, 4) is 0 Å². The SMILES string of the molecule is CNC(C)CCCC(NC)NC. The topological polar surface area (TPSA) is 36.1 Å². The molecule has 0 aliphatic heterocycles. The van der Waals surface area contributed by atoms with Crippen LogP contribution in [0.25, 0.3) is 0 Å². The molecule has 3 heteroatoms. The summed E-state index contributed by atoms with van der Waals surface area (Å²) in [4.78, 5) is 0. The second-order valence-electron chi connectivity index (χ2n) is 3.25. The van der Waals surface area contributed by atoms with E-state index in [9.17, 15) is 0 Å². The van der Waals surface area contributed by atoms with Crippen molar-refractivity contribution in [3.05, 3.63) is 0 Å². The molecule has 0 heterocycles. The minimum Gasteiger partial charge on any atom is -0.317 e. The lowest BCUT2D eigenvalue weighted by Crippen LogP contribution is -2.37. The molecule has 3 N–H and O–H groups in total. The second kappa shape index (κ2) is 7.53. The molecule has 0 aliphatic rings. The third-order valence-corrected chi connectivity index (χ3v) is 2.32. The summed E-state index contributed by atoms with van der Waals surface area (Å²) < 4.78 is 0. The summed E-state index contributed by atoms with van der Waals surface area (Å²) in [6.45, 7) is 2.22. The van der Waals surface area contributed by atoms with E-state index in [0.29, 0.717) is 12.2 Å². The summed E-state index contributed by atoms with van der Waals surface area (Å²) in [6.07, 6.45) is 4.16. The summed E-state index contributed by atoms with van der Waals surface area (Å²) in [5.41, 5.74) is 0. The summed E-state index contributed by atoms with van der Waals surface area (Å²) in [7, 11) is 5.99. The van der Waals surface area contributed by atoms with Gasteiger partial charge < -0.3 is 16.0 Å². The molecule has 3 nitrogen and oxygen atoms in total. The van der Waals surface area contributed by atoms with E-state index in [4.69, 9.17) is 0 Å². The minimum atomic E-state index is 0.467. The predicted molar refractivity (Wildman–Crippen MR) is 54.3 cm³/mol. The van der Waals surface area contributed by atoms with E-state index in [-0.39, 0.29) is 0 Å². The van der Waals surface area contributed by atoms with Crippen LogP contribution in [0.3, 0.4) is 0 Å². The monoisotopic (exact) mass is 173 g/mol. The van der Waals surface area contributed by atoms with Crippen LogP contribution < -0.4 is 16.0 Å². The summed E-state index contributed by atoms with van der Waals surface area (Å²) in [5, 5.41) is 9.66. The van der Waals surface area contributed by atoms with E-state index in [2.05, 4.69) is 22.9 Å². The minimum absolute atomic E-state index is 0.467. The van der Waals surface area contributed by atoms with Crippen molar-refractivity contribution in [3.63, 3.8) is 0 Å². The smallest absolute Gasteiger partial charge is 0.0566 e. The Bertz CT molecular complexity index is 91.8. The Morgan fingerprint density at radius 1 is 0.917 bits per heavy atom. The van der Waals surface area contributed by atoms with Gasteiger partial charge in [-0.2, -0.15) is 0 Å². The summed E-state index contributed by atoms with van der Waals surface area (Å²) in [5.74, 6) is 0. The Hall–Kier alpha value is -0.120. The first-order chi connectivity index (χ1) is 5.74. The van der Waals surface area contributed by atoms with Gasteiger partial charge in [0.05, 0.1) is 6.17 Å². The van der Waals surface area contributed by atoms with Crippen LogP contribution in [0.4, 0.5) is 0 Å². The fourth-order valence-electron chi connectivity index (χ4n) is 1.21. The molecule has 0 amide bonds. The first-order valence-corrected chi connectivity index (χ1v) is 4.76. The van der Waals surface area contributed by atoms with Gasteiger partial charge in [-0.15, -0.1) is 0 Å². The zero-order valence-corrected chi connectivity index (χ0v) is 8.78. The van der Waals surface area contributed by atoms with Crippen LogP contribution >= 0.6 is 0 Å². The molecule has 0 aromatic carbocycles. The number of nitrogens with one attached hydrogen (secondary N) is 3. The zero-order valence-electron chi connectivity index (χ0n) is 8.78. The molecule has 0 aromatic heterocycles. The number of hydrogen-bond acceptors (Lipinski definition) is 3. The van der Waals surface area contributed by atoms with Gasteiger partial charge >= 0.3 is 0 Å². The van der Waals surface area contributed by atoms with Crippen LogP contribution in [0.2, 0.25) is 0 Å². The van der Waals surface area contributed by atoms with Crippen molar-refractivity contribution >= 4 is 0 Å². The lowest BCUT2D eigenvalue weighted by molar-refractivity contribution is 0.423. The van der Waals surface area contributed by atoms with Crippen molar-refractivity contribution < 1.29 is 0 Å². The third kappa shape index (κ3) is 5.52. The molecular formula is C9H23N3. The molecule has 0 aliphatic carbocycles. The van der Waals surface area contributed by atoms with Gasteiger partial charge in [0, 0.05) is 6.04 Å². The van der Waals surface area contributed by atoms with Gasteiger partial charge in [0.15, 0.2) is 0 Å². The molecule has 74 valence electrons. The lowest BCUT2D eigenvalue weighted by Gasteiger charge is -2.16. The van der Waals surface area contributed by atoms with Gasteiger partial charge in [-0.1, -0.05) is 0 Å². The van der Waals surface area contributed by atoms with Gasteiger partial charge in [0.1, 0.15) is 0 Å². The predicted octanol–water partition coefficient (Wildman–Crippen LogP) is 0.530. The van der Waals surface area contributed by atoms with E-state index in [1.165, 1.54) is 19.3 Å². The van der Waals surface area contributed by atoms with E-state index in [0.717, 1.165) is 0 Å². The summed E-state index contributed by atoms with van der Waals surface area (Å²) >= 11 is 0. The average Bonchev–Trinajstić information content (AvgIpc) is 2.12. The Balaban J connectivity index is 3.28. The maximum Gasteiger partial charge on any atom is 0.0566 e. The van der Waals surface area contributed by atoms with Gasteiger partial charge in [-0.05, 0) is 47.3 Å². The quantitative estimate of drug-likeness (QED) is 0.492. The highest BCUT2D eigenvalue weighted by molar-refractivity contribution is 4.62. The number of hydrogen-bond donors (Lipinski definition) is 3. The molecular weight excluding hydrogens is 150 g/mol. The Labute approximate surface area is 76.3 Å². The normalized spacial score (nSPS) is 13.8. The highest BCUT2D eigenvalue weighted by atomic mass is 15.1. The lowest BCUT2D eigenvalue weighted by atomic mass is 10.1. The maximum atomic E-state index is 3.23. The van der Waals surface area contributed by atoms with Crippen LogP contribution in [0.15, 0.2) is 0 Å². The van der Waals surface area contributed by atoms with E-state index in [1.54, 1.807) is 0 Å². The molecule has 0 rings (SSSR count). The van der Waals surface area contributed by atoms with Crippen molar-refractivity contribution in [1.82, 2.24) is 16.0 Å². The number of rotatable bonds is 7.